The Labute approximate surface area is 143 Å². The molecule has 0 saturated carbocycles. The lowest BCUT2D eigenvalue weighted by Gasteiger charge is -2.17. The van der Waals surface area contributed by atoms with Gasteiger partial charge in [0.15, 0.2) is 0 Å². The third kappa shape index (κ3) is 4.83. The summed E-state index contributed by atoms with van der Waals surface area (Å²) in [5, 5.41) is 3.00. The number of amides is 1. The molecule has 2 N–H and O–H groups in total. The molecule has 0 fully saturated rings. The van der Waals surface area contributed by atoms with Gasteiger partial charge in [-0.15, -0.1) is 0 Å². The van der Waals surface area contributed by atoms with E-state index >= 15 is 0 Å². The summed E-state index contributed by atoms with van der Waals surface area (Å²) in [6, 6.07) is 16.1. The second-order valence-electron chi connectivity index (χ2n) is 5.43. The number of anilines is 1. The van der Waals surface area contributed by atoms with Crippen molar-refractivity contribution < 1.29 is 13.2 Å². The summed E-state index contributed by atoms with van der Waals surface area (Å²) in [6.45, 7) is 3.58. The Kier molecular flexibility index (Phi) is 5.98. The number of hydrogen-bond acceptors (Lipinski definition) is 3. The molecule has 0 aliphatic carbocycles. The van der Waals surface area contributed by atoms with Crippen LogP contribution >= 0.6 is 0 Å². The van der Waals surface area contributed by atoms with Crippen LogP contribution in [0.25, 0.3) is 0 Å². The highest BCUT2D eigenvalue weighted by Gasteiger charge is 2.14. The van der Waals surface area contributed by atoms with E-state index in [0.717, 1.165) is 12.0 Å². The lowest BCUT2D eigenvalue weighted by atomic mass is 10.0. The van der Waals surface area contributed by atoms with Gasteiger partial charge in [-0.3, -0.25) is 9.52 Å². The van der Waals surface area contributed by atoms with E-state index in [-0.39, 0.29) is 17.7 Å². The van der Waals surface area contributed by atoms with E-state index in [1.165, 1.54) is 0 Å². The van der Waals surface area contributed by atoms with E-state index in [1.807, 2.05) is 37.3 Å². The van der Waals surface area contributed by atoms with Gasteiger partial charge in [-0.05, 0) is 43.2 Å². The normalized spacial score (nSPS) is 12.4. The molecular weight excluding hydrogens is 324 g/mol. The minimum Gasteiger partial charge on any atom is -0.345 e. The predicted molar refractivity (Wildman–Crippen MR) is 96.5 cm³/mol. The van der Waals surface area contributed by atoms with Gasteiger partial charge in [0.25, 0.3) is 5.91 Å². The molecule has 2 aromatic rings. The Morgan fingerprint density at radius 1 is 1.00 bits per heavy atom. The topological polar surface area (TPSA) is 75.3 Å². The van der Waals surface area contributed by atoms with Crippen LogP contribution < -0.4 is 10.0 Å². The molecule has 0 saturated heterocycles. The van der Waals surface area contributed by atoms with Crippen molar-refractivity contribution in [2.45, 2.75) is 26.3 Å². The van der Waals surface area contributed by atoms with Crippen LogP contribution in [-0.4, -0.2) is 20.1 Å². The number of carbonyl (C=O) groups is 1. The average Bonchev–Trinajstić information content (AvgIpc) is 2.60. The first-order valence-electron chi connectivity index (χ1n) is 7.91. The van der Waals surface area contributed by atoms with E-state index in [4.69, 9.17) is 0 Å². The van der Waals surface area contributed by atoms with Crippen LogP contribution in [0.4, 0.5) is 5.69 Å². The minimum atomic E-state index is -3.32. The summed E-state index contributed by atoms with van der Waals surface area (Å²) in [5.74, 6) is -0.180. The van der Waals surface area contributed by atoms with Crippen molar-refractivity contribution in [2.24, 2.45) is 0 Å². The summed E-state index contributed by atoms with van der Waals surface area (Å²) in [6.07, 6.45) is 0.782. The van der Waals surface area contributed by atoms with Crippen molar-refractivity contribution in [2.75, 3.05) is 10.5 Å². The van der Waals surface area contributed by atoms with Crippen LogP contribution in [0.15, 0.2) is 54.6 Å². The summed E-state index contributed by atoms with van der Waals surface area (Å²) in [7, 11) is -3.32. The lowest BCUT2D eigenvalue weighted by Crippen LogP contribution is -2.28. The zero-order valence-corrected chi connectivity index (χ0v) is 14.6. The monoisotopic (exact) mass is 346 g/mol. The molecule has 0 radical (unpaired) electrons. The highest BCUT2D eigenvalue weighted by atomic mass is 32.2. The number of rotatable bonds is 7. The third-order valence-electron chi connectivity index (χ3n) is 3.72. The molecule has 0 aromatic heterocycles. The fourth-order valence-electron chi connectivity index (χ4n) is 2.29. The maximum absolute atomic E-state index is 12.4. The van der Waals surface area contributed by atoms with E-state index in [1.54, 1.807) is 31.2 Å². The van der Waals surface area contributed by atoms with Crippen LogP contribution in [0, 0.1) is 0 Å². The minimum absolute atomic E-state index is 0.00446. The first kappa shape index (κ1) is 18.0. The van der Waals surface area contributed by atoms with Gasteiger partial charge in [-0.25, -0.2) is 8.42 Å². The highest BCUT2D eigenvalue weighted by molar-refractivity contribution is 7.92. The van der Waals surface area contributed by atoms with Gasteiger partial charge in [-0.2, -0.15) is 0 Å². The van der Waals surface area contributed by atoms with Crippen molar-refractivity contribution in [1.82, 2.24) is 5.32 Å². The SMILES string of the molecule is CC[C@H](NC(=O)c1ccc(NS(=O)(=O)CC)cc1)c1ccccc1. The van der Waals surface area contributed by atoms with Crippen molar-refractivity contribution in [1.29, 1.82) is 0 Å². The summed E-state index contributed by atoms with van der Waals surface area (Å²) < 4.78 is 25.5. The molecular formula is C18H22N2O3S. The number of sulfonamides is 1. The zero-order chi connectivity index (χ0) is 17.6. The quantitative estimate of drug-likeness (QED) is 0.807. The molecule has 24 heavy (non-hydrogen) atoms. The fourth-order valence-corrected chi connectivity index (χ4v) is 2.93. The molecule has 5 nitrogen and oxygen atoms in total. The van der Waals surface area contributed by atoms with E-state index in [0.29, 0.717) is 11.3 Å². The summed E-state index contributed by atoms with van der Waals surface area (Å²) in [4.78, 5) is 12.4. The van der Waals surface area contributed by atoms with E-state index < -0.39 is 10.0 Å². The van der Waals surface area contributed by atoms with Crippen molar-refractivity contribution in [3.05, 3.63) is 65.7 Å². The summed E-state index contributed by atoms with van der Waals surface area (Å²) >= 11 is 0. The molecule has 2 rings (SSSR count). The van der Waals surface area contributed by atoms with Crippen molar-refractivity contribution in [3.63, 3.8) is 0 Å². The predicted octanol–water partition coefficient (Wildman–Crippen LogP) is 3.33. The first-order valence-corrected chi connectivity index (χ1v) is 9.56. The van der Waals surface area contributed by atoms with Crippen LogP contribution in [0.2, 0.25) is 0 Å². The molecule has 1 amide bonds. The van der Waals surface area contributed by atoms with Gasteiger partial charge in [0, 0.05) is 11.3 Å². The molecule has 0 spiro atoms. The second kappa shape index (κ2) is 7.97. The van der Waals surface area contributed by atoms with Gasteiger partial charge in [0.05, 0.1) is 11.8 Å². The number of hydrogen-bond donors (Lipinski definition) is 2. The van der Waals surface area contributed by atoms with E-state index in [9.17, 15) is 13.2 Å². The Morgan fingerprint density at radius 3 is 2.17 bits per heavy atom. The van der Waals surface area contributed by atoms with Crippen molar-refractivity contribution in [3.8, 4) is 0 Å². The van der Waals surface area contributed by atoms with Crippen LogP contribution in [-0.2, 0) is 10.0 Å². The Balaban J connectivity index is 2.07. The highest BCUT2D eigenvalue weighted by Crippen LogP contribution is 2.17. The maximum atomic E-state index is 12.4. The van der Waals surface area contributed by atoms with Gasteiger partial charge in [0.2, 0.25) is 10.0 Å². The molecule has 2 aromatic carbocycles. The Hall–Kier alpha value is -2.34. The first-order chi connectivity index (χ1) is 11.4. The van der Waals surface area contributed by atoms with E-state index in [2.05, 4.69) is 10.0 Å². The van der Waals surface area contributed by atoms with Crippen molar-refractivity contribution >= 4 is 21.6 Å². The largest absolute Gasteiger partial charge is 0.345 e. The molecule has 6 heteroatoms. The van der Waals surface area contributed by atoms with Crippen LogP contribution in [0.3, 0.4) is 0 Å². The van der Waals surface area contributed by atoms with Gasteiger partial charge in [0.1, 0.15) is 0 Å². The average molecular weight is 346 g/mol. The Morgan fingerprint density at radius 2 is 1.62 bits per heavy atom. The molecule has 0 bridgehead atoms. The third-order valence-corrected chi connectivity index (χ3v) is 5.02. The van der Waals surface area contributed by atoms with Gasteiger partial charge in [-0.1, -0.05) is 37.3 Å². The molecule has 0 heterocycles. The van der Waals surface area contributed by atoms with Crippen LogP contribution in [0.5, 0.6) is 0 Å². The molecule has 1 atom stereocenters. The second-order valence-corrected chi connectivity index (χ2v) is 7.44. The smallest absolute Gasteiger partial charge is 0.251 e. The molecule has 0 aliphatic rings. The summed E-state index contributed by atoms with van der Waals surface area (Å²) in [5.41, 5.74) is 1.99. The number of nitrogens with one attached hydrogen (secondary N) is 2. The number of carbonyl (C=O) groups excluding carboxylic acids is 1. The molecule has 0 aliphatic heterocycles. The van der Waals surface area contributed by atoms with Gasteiger partial charge < -0.3 is 5.32 Å². The standard InChI is InChI=1S/C18H22N2O3S/c1-3-17(14-8-6-5-7-9-14)19-18(21)15-10-12-16(13-11-15)20-24(22,23)4-2/h5-13,17,20H,3-4H2,1-2H3,(H,19,21)/t17-/m0/s1. The maximum Gasteiger partial charge on any atom is 0.251 e. The lowest BCUT2D eigenvalue weighted by molar-refractivity contribution is 0.0935. The fraction of sp³-hybridized carbons (Fsp3) is 0.278. The van der Waals surface area contributed by atoms with Crippen LogP contribution in [0.1, 0.15) is 42.2 Å². The number of benzene rings is 2. The molecule has 0 unspecified atom stereocenters. The van der Waals surface area contributed by atoms with Gasteiger partial charge >= 0.3 is 0 Å². The molecule has 128 valence electrons. The zero-order valence-electron chi connectivity index (χ0n) is 13.8. The Bertz CT molecular complexity index is 772.